The van der Waals surface area contributed by atoms with Crippen LogP contribution in [0.4, 0.5) is 5.69 Å². The number of benzene rings is 1. The third-order valence-corrected chi connectivity index (χ3v) is 4.38. The summed E-state index contributed by atoms with van der Waals surface area (Å²) in [7, 11) is 0. The van der Waals surface area contributed by atoms with E-state index in [1.807, 2.05) is 35.7 Å². The van der Waals surface area contributed by atoms with E-state index < -0.39 is 0 Å². The Bertz CT molecular complexity index is 817. The summed E-state index contributed by atoms with van der Waals surface area (Å²) in [5, 5.41) is 5.76. The standard InChI is InChI=1S/C16H12BrN3OS/c1-10(21)19-14-8-12(17)2-3-13(14)15-9-22-16(20-15)11-4-6-18-7-5-11/h2-9H,1H3,(H,19,21). The number of halogens is 1. The van der Waals surface area contributed by atoms with Crippen molar-refractivity contribution in [1.29, 1.82) is 0 Å². The van der Waals surface area contributed by atoms with Gasteiger partial charge in [-0.2, -0.15) is 0 Å². The van der Waals surface area contributed by atoms with Crippen LogP contribution in [0, 0.1) is 0 Å². The van der Waals surface area contributed by atoms with Gasteiger partial charge in [-0.3, -0.25) is 9.78 Å². The van der Waals surface area contributed by atoms with Gasteiger partial charge in [0.2, 0.25) is 5.91 Å². The lowest BCUT2D eigenvalue weighted by Crippen LogP contribution is -2.07. The van der Waals surface area contributed by atoms with Crippen LogP contribution in [0.1, 0.15) is 6.92 Å². The van der Waals surface area contributed by atoms with E-state index in [9.17, 15) is 4.79 Å². The molecule has 0 atom stereocenters. The molecule has 6 heteroatoms. The molecule has 1 amide bonds. The predicted octanol–water partition coefficient (Wildman–Crippen LogP) is 4.59. The van der Waals surface area contributed by atoms with Gasteiger partial charge in [-0.25, -0.2) is 4.98 Å². The molecule has 0 unspecified atom stereocenters. The minimum atomic E-state index is -0.107. The van der Waals surface area contributed by atoms with Crippen LogP contribution < -0.4 is 5.32 Å². The van der Waals surface area contributed by atoms with Crippen molar-refractivity contribution in [3.63, 3.8) is 0 Å². The van der Waals surface area contributed by atoms with Crippen LogP contribution in [0.3, 0.4) is 0 Å². The topological polar surface area (TPSA) is 54.9 Å². The molecule has 4 nitrogen and oxygen atoms in total. The number of amides is 1. The van der Waals surface area contributed by atoms with E-state index in [0.717, 1.165) is 32.0 Å². The molecule has 3 rings (SSSR count). The van der Waals surface area contributed by atoms with Gasteiger partial charge in [0.25, 0.3) is 0 Å². The minimum Gasteiger partial charge on any atom is -0.326 e. The molecule has 0 fully saturated rings. The maximum absolute atomic E-state index is 11.4. The third-order valence-electron chi connectivity index (χ3n) is 3.00. The number of pyridine rings is 1. The molecule has 0 saturated heterocycles. The molecular weight excluding hydrogens is 362 g/mol. The van der Waals surface area contributed by atoms with E-state index in [2.05, 4.69) is 31.2 Å². The van der Waals surface area contributed by atoms with Crippen molar-refractivity contribution in [3.8, 4) is 21.8 Å². The van der Waals surface area contributed by atoms with Crippen molar-refractivity contribution in [3.05, 3.63) is 52.6 Å². The summed E-state index contributed by atoms with van der Waals surface area (Å²) in [6.07, 6.45) is 3.50. The smallest absolute Gasteiger partial charge is 0.221 e. The lowest BCUT2D eigenvalue weighted by atomic mass is 10.1. The van der Waals surface area contributed by atoms with Crippen LogP contribution in [-0.2, 0) is 4.79 Å². The number of hydrogen-bond donors (Lipinski definition) is 1. The van der Waals surface area contributed by atoms with Crippen LogP contribution in [0.5, 0.6) is 0 Å². The van der Waals surface area contributed by atoms with Crippen molar-refractivity contribution < 1.29 is 4.79 Å². The summed E-state index contributed by atoms with van der Waals surface area (Å²) in [5.41, 5.74) is 3.51. The highest BCUT2D eigenvalue weighted by Crippen LogP contribution is 2.34. The second-order valence-electron chi connectivity index (χ2n) is 4.64. The number of nitrogens with one attached hydrogen (secondary N) is 1. The van der Waals surface area contributed by atoms with Gasteiger partial charge in [0.15, 0.2) is 0 Å². The van der Waals surface area contributed by atoms with Crippen molar-refractivity contribution >= 4 is 38.9 Å². The van der Waals surface area contributed by atoms with E-state index in [1.165, 1.54) is 6.92 Å². The molecule has 0 saturated carbocycles. The molecule has 0 spiro atoms. The van der Waals surface area contributed by atoms with Crippen molar-refractivity contribution in [1.82, 2.24) is 9.97 Å². The Morgan fingerprint density at radius 3 is 2.73 bits per heavy atom. The van der Waals surface area contributed by atoms with Gasteiger partial charge < -0.3 is 5.32 Å². The normalized spacial score (nSPS) is 10.5. The maximum atomic E-state index is 11.4. The largest absolute Gasteiger partial charge is 0.326 e. The lowest BCUT2D eigenvalue weighted by molar-refractivity contribution is -0.114. The van der Waals surface area contributed by atoms with Gasteiger partial charge in [-0.1, -0.05) is 15.9 Å². The molecule has 22 heavy (non-hydrogen) atoms. The fourth-order valence-electron chi connectivity index (χ4n) is 2.06. The number of nitrogens with zero attached hydrogens (tertiary/aromatic N) is 2. The van der Waals surface area contributed by atoms with Crippen LogP contribution in [-0.4, -0.2) is 15.9 Å². The maximum Gasteiger partial charge on any atom is 0.221 e. The SMILES string of the molecule is CC(=O)Nc1cc(Br)ccc1-c1csc(-c2ccncc2)n1. The van der Waals surface area contributed by atoms with Crippen molar-refractivity contribution in [2.45, 2.75) is 6.92 Å². The number of rotatable bonds is 3. The molecule has 3 aromatic rings. The number of thiazole rings is 1. The molecule has 2 heterocycles. The quantitative estimate of drug-likeness (QED) is 0.729. The zero-order valence-corrected chi connectivity index (χ0v) is 14.1. The van der Waals surface area contributed by atoms with Crippen LogP contribution in [0.2, 0.25) is 0 Å². The van der Waals surface area contributed by atoms with Gasteiger partial charge in [0.05, 0.1) is 11.4 Å². The predicted molar refractivity (Wildman–Crippen MR) is 92.8 cm³/mol. The molecule has 1 aromatic carbocycles. The number of hydrogen-bond acceptors (Lipinski definition) is 4. The van der Waals surface area contributed by atoms with E-state index in [0.29, 0.717) is 0 Å². The monoisotopic (exact) mass is 373 g/mol. The fourth-order valence-corrected chi connectivity index (χ4v) is 3.24. The van der Waals surface area contributed by atoms with Gasteiger partial charge >= 0.3 is 0 Å². The summed E-state index contributed by atoms with van der Waals surface area (Å²) >= 11 is 4.99. The van der Waals surface area contributed by atoms with Crippen LogP contribution in [0.15, 0.2) is 52.6 Å². The molecule has 110 valence electrons. The summed E-state index contributed by atoms with van der Waals surface area (Å²) in [6.45, 7) is 1.49. The summed E-state index contributed by atoms with van der Waals surface area (Å²) in [6, 6.07) is 9.62. The Balaban J connectivity index is 2.02. The molecule has 0 bridgehead atoms. The minimum absolute atomic E-state index is 0.107. The Morgan fingerprint density at radius 2 is 2.00 bits per heavy atom. The van der Waals surface area contributed by atoms with Crippen molar-refractivity contribution in [2.24, 2.45) is 0 Å². The Morgan fingerprint density at radius 1 is 1.23 bits per heavy atom. The Kier molecular flexibility index (Phi) is 4.31. The Labute approximate surface area is 140 Å². The second-order valence-corrected chi connectivity index (χ2v) is 6.42. The first-order chi connectivity index (χ1) is 10.6. The van der Waals surface area contributed by atoms with Gasteiger partial charge in [0, 0.05) is 40.3 Å². The van der Waals surface area contributed by atoms with Crippen LogP contribution in [0.25, 0.3) is 21.8 Å². The third kappa shape index (κ3) is 3.23. The lowest BCUT2D eigenvalue weighted by Gasteiger charge is -2.08. The molecule has 0 radical (unpaired) electrons. The van der Waals surface area contributed by atoms with E-state index >= 15 is 0 Å². The summed E-state index contributed by atoms with van der Waals surface area (Å²) in [4.78, 5) is 20.1. The molecule has 0 aliphatic rings. The van der Waals surface area contributed by atoms with E-state index in [4.69, 9.17) is 0 Å². The molecule has 1 N–H and O–H groups in total. The highest BCUT2D eigenvalue weighted by atomic mass is 79.9. The first kappa shape index (κ1) is 14.9. The first-order valence-corrected chi connectivity index (χ1v) is 8.24. The zero-order valence-electron chi connectivity index (χ0n) is 11.7. The highest BCUT2D eigenvalue weighted by molar-refractivity contribution is 9.10. The van der Waals surface area contributed by atoms with Gasteiger partial charge in [0.1, 0.15) is 5.01 Å². The Hall–Kier alpha value is -2.05. The van der Waals surface area contributed by atoms with Crippen LogP contribution >= 0.6 is 27.3 Å². The summed E-state index contributed by atoms with van der Waals surface area (Å²) < 4.78 is 0.907. The number of carbonyl (C=O) groups excluding carboxylic acids is 1. The van der Waals surface area contributed by atoms with Gasteiger partial charge in [-0.15, -0.1) is 11.3 Å². The van der Waals surface area contributed by atoms with Gasteiger partial charge in [-0.05, 0) is 30.3 Å². The van der Waals surface area contributed by atoms with E-state index in [-0.39, 0.29) is 5.91 Å². The molecule has 0 aliphatic heterocycles. The number of anilines is 1. The molecular formula is C16H12BrN3OS. The highest BCUT2D eigenvalue weighted by Gasteiger charge is 2.12. The average molecular weight is 374 g/mol. The molecule has 0 aliphatic carbocycles. The molecule has 2 aromatic heterocycles. The zero-order chi connectivity index (χ0) is 15.5. The fraction of sp³-hybridized carbons (Fsp3) is 0.0625. The first-order valence-electron chi connectivity index (χ1n) is 6.57. The second kappa shape index (κ2) is 6.37. The number of carbonyl (C=O) groups is 1. The average Bonchev–Trinajstić information content (AvgIpc) is 2.97. The van der Waals surface area contributed by atoms with E-state index in [1.54, 1.807) is 23.7 Å². The summed E-state index contributed by atoms with van der Waals surface area (Å²) in [5.74, 6) is -0.107. The van der Waals surface area contributed by atoms with Crippen molar-refractivity contribution in [2.75, 3.05) is 5.32 Å². The number of aromatic nitrogens is 2.